The molecule has 0 saturated carbocycles. The van der Waals surface area contributed by atoms with E-state index in [-0.39, 0.29) is 24.0 Å². The van der Waals surface area contributed by atoms with E-state index in [1.54, 1.807) is 12.7 Å². The predicted octanol–water partition coefficient (Wildman–Crippen LogP) is 3.28. The van der Waals surface area contributed by atoms with Gasteiger partial charge in [-0.15, -0.1) is 0 Å². The van der Waals surface area contributed by atoms with Gasteiger partial charge in [-0.1, -0.05) is 24.3 Å². The lowest BCUT2D eigenvalue weighted by atomic mass is 10.2. The molecule has 9 heteroatoms. The Balaban J connectivity index is 1.12. The summed E-state index contributed by atoms with van der Waals surface area (Å²) in [7, 11) is 0. The van der Waals surface area contributed by atoms with Gasteiger partial charge in [-0.3, -0.25) is 9.69 Å². The van der Waals surface area contributed by atoms with Gasteiger partial charge in [0.05, 0.1) is 34.7 Å². The highest BCUT2D eigenvalue weighted by Crippen LogP contribution is 2.21. The fourth-order valence-corrected chi connectivity index (χ4v) is 4.92. The molecule has 0 bridgehead atoms. The van der Waals surface area contributed by atoms with Crippen LogP contribution >= 0.6 is 0 Å². The summed E-state index contributed by atoms with van der Waals surface area (Å²) in [6.45, 7) is 9.09. The Kier molecular flexibility index (Phi) is 6.73. The summed E-state index contributed by atoms with van der Waals surface area (Å²) in [4.78, 5) is 38.9. The van der Waals surface area contributed by atoms with Gasteiger partial charge < -0.3 is 18.8 Å². The normalized spacial score (nSPS) is 17.2. The molecule has 188 valence electrons. The van der Waals surface area contributed by atoms with Crippen LogP contribution in [0.1, 0.15) is 32.9 Å². The average Bonchev–Trinajstić information content (AvgIpc) is 3.52. The fraction of sp³-hybridized carbons (Fsp3) is 0.407. The van der Waals surface area contributed by atoms with Gasteiger partial charge in [0.15, 0.2) is 0 Å². The highest BCUT2D eigenvalue weighted by atomic mass is 16.5. The molecule has 4 aromatic rings. The van der Waals surface area contributed by atoms with E-state index in [1.165, 1.54) is 0 Å². The Morgan fingerprint density at radius 1 is 0.806 bits per heavy atom. The van der Waals surface area contributed by atoms with E-state index in [0.29, 0.717) is 19.6 Å². The number of para-hydroxylation sites is 4. The van der Waals surface area contributed by atoms with Crippen molar-refractivity contribution in [2.45, 2.75) is 39.0 Å². The van der Waals surface area contributed by atoms with Gasteiger partial charge in [0, 0.05) is 32.7 Å². The summed E-state index contributed by atoms with van der Waals surface area (Å²) < 4.78 is 9.56. The van der Waals surface area contributed by atoms with E-state index < -0.39 is 6.04 Å². The van der Waals surface area contributed by atoms with Crippen molar-refractivity contribution in [3.05, 3.63) is 61.2 Å². The average molecular weight is 489 g/mol. The number of hydrogen-bond donors (Lipinski definition) is 0. The number of carbonyl (C=O) groups is 2. The SMILES string of the molecule is C[C@H](CN1CCN(C(=O)[C@H](C)n2cnc3ccccc32)CC1)OC(=O)[C@@H](C)n1cnc2ccccc21. The van der Waals surface area contributed by atoms with Gasteiger partial charge in [-0.25, -0.2) is 14.8 Å². The zero-order valence-corrected chi connectivity index (χ0v) is 20.9. The second-order valence-electron chi connectivity index (χ2n) is 9.51. The Labute approximate surface area is 210 Å². The first-order chi connectivity index (χ1) is 17.4. The molecule has 2 aromatic heterocycles. The number of fused-ring (bicyclic) bond motifs is 2. The molecule has 3 heterocycles. The molecule has 0 radical (unpaired) electrons. The van der Waals surface area contributed by atoms with E-state index in [4.69, 9.17) is 4.74 Å². The van der Waals surface area contributed by atoms with Gasteiger partial charge in [0.25, 0.3) is 0 Å². The van der Waals surface area contributed by atoms with Crippen molar-refractivity contribution >= 4 is 33.9 Å². The van der Waals surface area contributed by atoms with Gasteiger partial charge in [-0.05, 0) is 45.0 Å². The second-order valence-corrected chi connectivity index (χ2v) is 9.51. The molecule has 9 nitrogen and oxygen atoms in total. The minimum absolute atomic E-state index is 0.0960. The van der Waals surface area contributed by atoms with Crippen molar-refractivity contribution < 1.29 is 14.3 Å². The van der Waals surface area contributed by atoms with Crippen LogP contribution in [0, 0.1) is 0 Å². The zero-order valence-electron chi connectivity index (χ0n) is 20.9. The standard InChI is InChI=1S/C27H32N6O3/c1-19(36-27(35)21(3)33-18-29-23-9-5-7-11-25(23)33)16-30-12-14-31(15-13-30)26(34)20(2)32-17-28-22-8-4-6-10-24(22)32/h4-11,17-21H,12-16H2,1-3H3/t19-,20+,21-/m1/s1. The minimum Gasteiger partial charge on any atom is -0.460 e. The van der Waals surface area contributed by atoms with E-state index in [9.17, 15) is 9.59 Å². The summed E-state index contributed by atoms with van der Waals surface area (Å²) in [6.07, 6.45) is 3.17. The summed E-state index contributed by atoms with van der Waals surface area (Å²) in [5.41, 5.74) is 3.62. The highest BCUT2D eigenvalue weighted by molar-refractivity contribution is 5.84. The first-order valence-corrected chi connectivity index (χ1v) is 12.5. The maximum atomic E-state index is 13.2. The van der Waals surface area contributed by atoms with Crippen LogP contribution in [0.5, 0.6) is 0 Å². The molecule has 3 atom stereocenters. The lowest BCUT2D eigenvalue weighted by Gasteiger charge is -2.37. The van der Waals surface area contributed by atoms with Crippen LogP contribution in [0.25, 0.3) is 22.1 Å². The number of aromatic nitrogens is 4. The van der Waals surface area contributed by atoms with Crippen LogP contribution in [0.3, 0.4) is 0 Å². The molecule has 0 aliphatic carbocycles. The number of imidazole rings is 2. The number of ether oxygens (including phenoxy) is 1. The van der Waals surface area contributed by atoms with Crippen LogP contribution in [0.4, 0.5) is 0 Å². The van der Waals surface area contributed by atoms with Crippen LogP contribution in [-0.4, -0.2) is 79.6 Å². The number of esters is 1. The maximum Gasteiger partial charge on any atom is 0.329 e. The number of amides is 1. The van der Waals surface area contributed by atoms with Crippen LogP contribution in [-0.2, 0) is 14.3 Å². The Bertz CT molecular complexity index is 1370. The van der Waals surface area contributed by atoms with E-state index in [1.807, 2.05) is 83.3 Å². The van der Waals surface area contributed by atoms with E-state index in [0.717, 1.165) is 35.2 Å². The lowest BCUT2D eigenvalue weighted by molar-refractivity contribution is -0.152. The molecule has 1 aliphatic heterocycles. The smallest absolute Gasteiger partial charge is 0.329 e. The molecule has 0 spiro atoms. The lowest BCUT2D eigenvalue weighted by Crippen LogP contribution is -2.51. The van der Waals surface area contributed by atoms with Gasteiger partial charge in [0.1, 0.15) is 18.2 Å². The molecular formula is C27H32N6O3. The van der Waals surface area contributed by atoms with Crippen LogP contribution < -0.4 is 0 Å². The second kappa shape index (κ2) is 10.1. The molecule has 1 amide bonds. The van der Waals surface area contributed by atoms with Gasteiger partial charge in [0.2, 0.25) is 5.91 Å². The van der Waals surface area contributed by atoms with Crippen molar-refractivity contribution in [1.29, 1.82) is 0 Å². The van der Waals surface area contributed by atoms with Crippen LogP contribution in [0.15, 0.2) is 61.2 Å². The number of piperazine rings is 1. The first-order valence-electron chi connectivity index (χ1n) is 12.5. The van der Waals surface area contributed by atoms with Crippen molar-refractivity contribution in [1.82, 2.24) is 28.9 Å². The molecule has 0 N–H and O–H groups in total. The molecular weight excluding hydrogens is 456 g/mol. The zero-order chi connectivity index (χ0) is 25.2. The number of rotatable bonds is 7. The van der Waals surface area contributed by atoms with Gasteiger partial charge >= 0.3 is 5.97 Å². The number of benzene rings is 2. The maximum absolute atomic E-state index is 13.2. The van der Waals surface area contributed by atoms with Gasteiger partial charge in [-0.2, -0.15) is 0 Å². The third kappa shape index (κ3) is 4.70. The Morgan fingerprint density at radius 3 is 1.92 bits per heavy atom. The monoisotopic (exact) mass is 488 g/mol. The van der Waals surface area contributed by atoms with Crippen molar-refractivity contribution in [3.8, 4) is 0 Å². The third-order valence-electron chi connectivity index (χ3n) is 7.01. The summed E-state index contributed by atoms with van der Waals surface area (Å²) >= 11 is 0. The molecule has 0 unspecified atom stereocenters. The van der Waals surface area contributed by atoms with Crippen molar-refractivity contribution in [3.63, 3.8) is 0 Å². The predicted molar refractivity (Wildman–Crippen MR) is 137 cm³/mol. The largest absolute Gasteiger partial charge is 0.460 e. The third-order valence-corrected chi connectivity index (χ3v) is 7.01. The molecule has 1 fully saturated rings. The molecule has 36 heavy (non-hydrogen) atoms. The molecule has 5 rings (SSSR count). The van der Waals surface area contributed by atoms with Crippen molar-refractivity contribution in [2.75, 3.05) is 32.7 Å². The number of nitrogens with zero attached hydrogens (tertiary/aromatic N) is 6. The quantitative estimate of drug-likeness (QED) is 0.371. The van der Waals surface area contributed by atoms with E-state index >= 15 is 0 Å². The molecule has 1 aliphatic rings. The topological polar surface area (TPSA) is 85.5 Å². The molecule has 1 saturated heterocycles. The number of hydrogen-bond acceptors (Lipinski definition) is 6. The van der Waals surface area contributed by atoms with Crippen LogP contribution in [0.2, 0.25) is 0 Å². The van der Waals surface area contributed by atoms with E-state index in [2.05, 4.69) is 14.9 Å². The summed E-state index contributed by atoms with van der Waals surface area (Å²) in [6, 6.07) is 14.8. The van der Waals surface area contributed by atoms with Crippen molar-refractivity contribution in [2.24, 2.45) is 0 Å². The summed E-state index contributed by atoms with van der Waals surface area (Å²) in [5.74, 6) is -0.181. The Morgan fingerprint density at radius 2 is 1.33 bits per heavy atom. The summed E-state index contributed by atoms with van der Waals surface area (Å²) in [5, 5.41) is 0. The molecule has 2 aromatic carbocycles. The first kappa shape index (κ1) is 24.0. The highest BCUT2D eigenvalue weighted by Gasteiger charge is 2.28. The Hall–Kier alpha value is -3.72. The fourth-order valence-electron chi connectivity index (χ4n) is 4.92. The minimum atomic E-state index is -0.463. The number of carbonyl (C=O) groups excluding carboxylic acids is 2.